The van der Waals surface area contributed by atoms with Crippen LogP contribution in [0.5, 0.6) is 5.75 Å². The Morgan fingerprint density at radius 1 is 0.731 bits per heavy atom. The summed E-state index contributed by atoms with van der Waals surface area (Å²) in [6.07, 6.45) is 2.63. The van der Waals surface area contributed by atoms with E-state index in [-0.39, 0.29) is 11.7 Å². The first-order valence-electron chi connectivity index (χ1n) is 8.11. The van der Waals surface area contributed by atoms with Gasteiger partial charge in [-0.1, -0.05) is 48.5 Å². The van der Waals surface area contributed by atoms with Gasteiger partial charge in [-0.25, -0.2) is 0 Å². The van der Waals surface area contributed by atoms with Gasteiger partial charge in [0.05, 0.1) is 6.26 Å². The molecule has 3 aromatic carbocycles. The highest BCUT2D eigenvalue weighted by Crippen LogP contribution is 2.14. The molecule has 0 unspecified atom stereocenters. The number of carbonyl (C=O) groups excluding carboxylic acids is 2. The number of ketones is 1. The second kappa shape index (κ2) is 8.44. The summed E-state index contributed by atoms with van der Waals surface area (Å²) in [4.78, 5) is 24.2. The Balaban J connectivity index is 1.57. The lowest BCUT2D eigenvalue weighted by Crippen LogP contribution is -2.08. The standard InChI is InChI=1S/C22H17NO3/c24-21(15-16-26-20-9-5-2-6-10-20)23-19-13-11-18(12-14-19)22(25)17-7-3-1-4-8-17/h1-16H,(H,23,24). The number of anilines is 1. The molecule has 1 amide bonds. The van der Waals surface area contributed by atoms with E-state index in [9.17, 15) is 9.59 Å². The van der Waals surface area contributed by atoms with E-state index >= 15 is 0 Å². The maximum absolute atomic E-state index is 12.3. The molecule has 0 spiro atoms. The minimum atomic E-state index is -0.317. The highest BCUT2D eigenvalue weighted by Gasteiger charge is 2.08. The Morgan fingerprint density at radius 3 is 1.96 bits per heavy atom. The SMILES string of the molecule is O=C(C=COc1ccccc1)Nc1ccc(C(=O)c2ccccc2)cc1. The second-order valence-corrected chi connectivity index (χ2v) is 5.50. The summed E-state index contributed by atoms with van der Waals surface area (Å²) < 4.78 is 5.33. The van der Waals surface area contributed by atoms with Crippen LogP contribution in [0.25, 0.3) is 0 Å². The predicted molar refractivity (Wildman–Crippen MR) is 101 cm³/mol. The smallest absolute Gasteiger partial charge is 0.251 e. The van der Waals surface area contributed by atoms with Crippen LogP contribution in [0.1, 0.15) is 15.9 Å². The van der Waals surface area contributed by atoms with Crippen LogP contribution in [0.4, 0.5) is 5.69 Å². The molecule has 0 aromatic heterocycles. The number of carbonyl (C=O) groups is 2. The highest BCUT2D eigenvalue weighted by molar-refractivity contribution is 6.09. The first kappa shape index (κ1) is 17.2. The zero-order chi connectivity index (χ0) is 18.2. The van der Waals surface area contributed by atoms with E-state index in [2.05, 4.69) is 5.32 Å². The molecule has 1 N–H and O–H groups in total. The van der Waals surface area contributed by atoms with E-state index < -0.39 is 0 Å². The molecule has 0 aliphatic rings. The third-order valence-electron chi connectivity index (χ3n) is 3.62. The zero-order valence-electron chi connectivity index (χ0n) is 14.0. The van der Waals surface area contributed by atoms with Crippen molar-refractivity contribution >= 4 is 17.4 Å². The number of hydrogen-bond donors (Lipinski definition) is 1. The van der Waals surface area contributed by atoms with E-state index in [1.54, 1.807) is 48.5 Å². The summed E-state index contributed by atoms with van der Waals surface area (Å²) in [7, 11) is 0. The van der Waals surface area contributed by atoms with Gasteiger partial charge in [-0.15, -0.1) is 0 Å². The van der Waals surface area contributed by atoms with Crippen molar-refractivity contribution in [1.82, 2.24) is 0 Å². The number of para-hydroxylation sites is 1. The summed E-state index contributed by atoms with van der Waals surface area (Å²) in [6, 6.07) is 25.0. The molecule has 26 heavy (non-hydrogen) atoms. The molecule has 0 bridgehead atoms. The van der Waals surface area contributed by atoms with Crippen LogP contribution in [-0.2, 0) is 4.79 Å². The average molecular weight is 343 g/mol. The molecule has 128 valence electrons. The average Bonchev–Trinajstić information content (AvgIpc) is 2.69. The van der Waals surface area contributed by atoms with Crippen molar-refractivity contribution in [3.05, 3.63) is 108 Å². The molecule has 0 heterocycles. The lowest BCUT2D eigenvalue weighted by atomic mass is 10.0. The topological polar surface area (TPSA) is 55.4 Å². The largest absolute Gasteiger partial charge is 0.465 e. The van der Waals surface area contributed by atoms with Crippen LogP contribution >= 0.6 is 0 Å². The van der Waals surface area contributed by atoms with Crippen molar-refractivity contribution in [3.8, 4) is 5.75 Å². The van der Waals surface area contributed by atoms with Crippen LogP contribution in [0.15, 0.2) is 97.3 Å². The summed E-state index contributed by atoms with van der Waals surface area (Å²) in [6.45, 7) is 0. The lowest BCUT2D eigenvalue weighted by molar-refractivity contribution is -0.112. The Hall–Kier alpha value is -3.66. The third kappa shape index (κ3) is 4.68. The summed E-state index contributed by atoms with van der Waals surface area (Å²) in [5, 5.41) is 2.72. The van der Waals surface area contributed by atoms with Gasteiger partial charge in [-0.2, -0.15) is 0 Å². The number of amides is 1. The number of benzene rings is 3. The fourth-order valence-electron chi connectivity index (χ4n) is 2.32. The predicted octanol–water partition coefficient (Wildman–Crippen LogP) is 4.45. The van der Waals surface area contributed by atoms with Crippen LogP contribution in [0.2, 0.25) is 0 Å². The van der Waals surface area contributed by atoms with Crippen LogP contribution in [0.3, 0.4) is 0 Å². The number of ether oxygens (including phenoxy) is 1. The van der Waals surface area contributed by atoms with Crippen molar-refractivity contribution in [3.63, 3.8) is 0 Å². The van der Waals surface area contributed by atoms with Crippen molar-refractivity contribution in [2.24, 2.45) is 0 Å². The number of rotatable bonds is 6. The molecular weight excluding hydrogens is 326 g/mol. The normalized spacial score (nSPS) is 10.5. The van der Waals surface area contributed by atoms with E-state index in [0.717, 1.165) is 0 Å². The molecule has 3 rings (SSSR count). The summed E-state index contributed by atoms with van der Waals surface area (Å²) >= 11 is 0. The lowest BCUT2D eigenvalue weighted by Gasteiger charge is -2.05. The summed E-state index contributed by atoms with van der Waals surface area (Å²) in [5.74, 6) is 0.281. The molecule has 4 heteroatoms. The molecule has 0 radical (unpaired) electrons. The van der Waals surface area contributed by atoms with Gasteiger partial charge in [-0.3, -0.25) is 9.59 Å². The summed E-state index contributed by atoms with van der Waals surface area (Å²) in [5.41, 5.74) is 1.80. The molecule has 0 fully saturated rings. The van der Waals surface area contributed by atoms with Gasteiger partial charge in [0.25, 0.3) is 5.91 Å². The fourth-order valence-corrected chi connectivity index (χ4v) is 2.32. The quantitative estimate of drug-likeness (QED) is 0.409. The Bertz CT molecular complexity index is 901. The van der Waals surface area contributed by atoms with Gasteiger partial charge in [0.15, 0.2) is 5.78 Å². The van der Waals surface area contributed by atoms with E-state index in [4.69, 9.17) is 4.74 Å². The van der Waals surface area contributed by atoms with Gasteiger partial charge in [0, 0.05) is 22.9 Å². The van der Waals surface area contributed by atoms with Gasteiger partial charge >= 0.3 is 0 Å². The second-order valence-electron chi connectivity index (χ2n) is 5.50. The zero-order valence-corrected chi connectivity index (χ0v) is 14.0. The minimum Gasteiger partial charge on any atom is -0.465 e. The molecule has 0 aliphatic carbocycles. The first-order valence-corrected chi connectivity index (χ1v) is 8.11. The molecule has 4 nitrogen and oxygen atoms in total. The van der Waals surface area contributed by atoms with Gasteiger partial charge in [0.1, 0.15) is 5.75 Å². The van der Waals surface area contributed by atoms with Crippen molar-refractivity contribution in [1.29, 1.82) is 0 Å². The van der Waals surface area contributed by atoms with Gasteiger partial charge in [-0.05, 0) is 36.4 Å². The molecule has 0 atom stereocenters. The molecular formula is C22H17NO3. The van der Waals surface area contributed by atoms with Crippen molar-refractivity contribution in [2.75, 3.05) is 5.32 Å². The molecule has 0 saturated heterocycles. The van der Waals surface area contributed by atoms with Crippen LogP contribution in [-0.4, -0.2) is 11.7 Å². The minimum absolute atomic E-state index is 0.0559. The maximum atomic E-state index is 12.3. The Morgan fingerprint density at radius 2 is 1.31 bits per heavy atom. The van der Waals surface area contributed by atoms with E-state index in [1.165, 1.54) is 12.3 Å². The van der Waals surface area contributed by atoms with Gasteiger partial charge < -0.3 is 10.1 Å². The van der Waals surface area contributed by atoms with Gasteiger partial charge in [0.2, 0.25) is 0 Å². The first-order chi connectivity index (χ1) is 12.7. The Kier molecular flexibility index (Phi) is 5.58. The van der Waals surface area contributed by atoms with Crippen molar-refractivity contribution < 1.29 is 14.3 Å². The molecule has 3 aromatic rings. The monoisotopic (exact) mass is 343 g/mol. The Labute approximate surface area is 151 Å². The van der Waals surface area contributed by atoms with Crippen LogP contribution < -0.4 is 10.1 Å². The molecule has 0 saturated carbocycles. The van der Waals surface area contributed by atoms with E-state index in [1.807, 2.05) is 36.4 Å². The number of nitrogens with one attached hydrogen (secondary N) is 1. The molecule has 0 aliphatic heterocycles. The number of hydrogen-bond acceptors (Lipinski definition) is 3. The van der Waals surface area contributed by atoms with Crippen molar-refractivity contribution in [2.45, 2.75) is 0 Å². The van der Waals surface area contributed by atoms with Crippen LogP contribution in [0, 0.1) is 0 Å². The van der Waals surface area contributed by atoms with E-state index in [0.29, 0.717) is 22.6 Å². The third-order valence-corrected chi connectivity index (χ3v) is 3.62. The fraction of sp³-hybridized carbons (Fsp3) is 0. The highest BCUT2D eigenvalue weighted by atomic mass is 16.5. The maximum Gasteiger partial charge on any atom is 0.251 e.